The van der Waals surface area contributed by atoms with Crippen LogP contribution in [-0.4, -0.2) is 88.3 Å². The summed E-state index contributed by atoms with van der Waals surface area (Å²) in [5.41, 5.74) is 0. The molecular weight excluding hydrogens is 476 g/mol. The fourth-order valence-corrected chi connectivity index (χ4v) is 5.22. The van der Waals surface area contributed by atoms with Crippen molar-refractivity contribution in [1.82, 2.24) is 9.80 Å². The normalized spacial score (nSPS) is 22.0. The van der Waals surface area contributed by atoms with Crippen LogP contribution in [0.3, 0.4) is 0 Å². The quantitative estimate of drug-likeness (QED) is 0.475. The molecule has 2 fully saturated rings. The third-order valence-electron chi connectivity index (χ3n) is 7.39. The number of carbonyl (C=O) groups excluding carboxylic acids is 1. The summed E-state index contributed by atoms with van der Waals surface area (Å²) in [6.07, 6.45) is 2.98. The molecule has 3 aliphatic heterocycles. The van der Waals surface area contributed by atoms with E-state index in [2.05, 4.69) is 4.90 Å². The van der Waals surface area contributed by atoms with E-state index in [1.54, 1.807) is 26.4 Å². The second-order valence-electron chi connectivity index (χ2n) is 9.78. The van der Waals surface area contributed by atoms with Crippen molar-refractivity contribution in [3.05, 3.63) is 42.5 Å². The van der Waals surface area contributed by atoms with Crippen molar-refractivity contribution in [1.29, 1.82) is 0 Å². The molecule has 37 heavy (non-hydrogen) atoms. The Kier molecular flexibility index (Phi) is 8.08. The number of hydrogen-bond donors (Lipinski definition) is 0. The number of rotatable bonds is 10. The lowest BCUT2D eigenvalue weighted by atomic mass is 9.93. The van der Waals surface area contributed by atoms with E-state index in [1.807, 2.05) is 35.2 Å². The van der Waals surface area contributed by atoms with Crippen molar-refractivity contribution in [2.45, 2.75) is 31.4 Å². The van der Waals surface area contributed by atoms with Gasteiger partial charge in [0.15, 0.2) is 23.0 Å². The number of hydrogen-bond acceptors (Lipinski definition) is 8. The first-order chi connectivity index (χ1) is 18.1. The SMILES string of the molecule is COc1ccc(OC[C@@H]2COC(=O)N2CCC2CCN(C[C@H]3COc4ccccc4O3)CC2)cc1OC. The number of cyclic esters (lactones) is 1. The molecule has 200 valence electrons. The molecule has 0 saturated carbocycles. The molecule has 0 bridgehead atoms. The summed E-state index contributed by atoms with van der Waals surface area (Å²) in [6, 6.07) is 13.2. The zero-order chi connectivity index (χ0) is 25.6. The van der Waals surface area contributed by atoms with Gasteiger partial charge in [-0.2, -0.15) is 0 Å². The number of para-hydroxylation sites is 2. The molecule has 1 amide bonds. The number of methoxy groups -OCH3 is 2. The van der Waals surface area contributed by atoms with Crippen molar-refractivity contribution in [3.63, 3.8) is 0 Å². The van der Waals surface area contributed by atoms with Crippen LogP contribution in [0, 0.1) is 5.92 Å². The minimum Gasteiger partial charge on any atom is -0.493 e. The Morgan fingerprint density at radius 2 is 1.73 bits per heavy atom. The molecule has 0 N–H and O–H groups in total. The topological polar surface area (TPSA) is 78.9 Å². The van der Waals surface area contributed by atoms with Crippen LogP contribution in [0.4, 0.5) is 4.79 Å². The number of nitrogens with zero attached hydrogens (tertiary/aromatic N) is 2. The maximum atomic E-state index is 12.4. The summed E-state index contributed by atoms with van der Waals surface area (Å²) in [5.74, 6) is 4.16. The van der Waals surface area contributed by atoms with Gasteiger partial charge in [-0.1, -0.05) is 12.1 Å². The molecule has 2 aromatic carbocycles. The van der Waals surface area contributed by atoms with Gasteiger partial charge in [0.1, 0.15) is 37.7 Å². The number of likely N-dealkylation sites (tertiary alicyclic amines) is 1. The van der Waals surface area contributed by atoms with Crippen molar-refractivity contribution >= 4 is 6.09 Å². The highest BCUT2D eigenvalue weighted by Crippen LogP contribution is 2.33. The predicted octanol–water partition coefficient (Wildman–Crippen LogP) is 3.85. The van der Waals surface area contributed by atoms with Gasteiger partial charge in [-0.25, -0.2) is 4.79 Å². The number of amides is 1. The maximum Gasteiger partial charge on any atom is 0.410 e. The third kappa shape index (κ3) is 6.15. The molecule has 0 radical (unpaired) electrons. The van der Waals surface area contributed by atoms with Crippen LogP contribution >= 0.6 is 0 Å². The molecule has 9 nitrogen and oxygen atoms in total. The molecule has 0 aromatic heterocycles. The predicted molar refractivity (Wildman–Crippen MR) is 137 cm³/mol. The van der Waals surface area contributed by atoms with Crippen LogP contribution < -0.4 is 23.7 Å². The monoisotopic (exact) mass is 512 g/mol. The van der Waals surface area contributed by atoms with Crippen molar-refractivity contribution in [2.75, 3.05) is 60.2 Å². The summed E-state index contributed by atoms with van der Waals surface area (Å²) in [4.78, 5) is 16.7. The summed E-state index contributed by atoms with van der Waals surface area (Å²) >= 11 is 0. The molecule has 2 atom stereocenters. The number of benzene rings is 2. The van der Waals surface area contributed by atoms with Crippen LogP contribution in [0.25, 0.3) is 0 Å². The van der Waals surface area contributed by atoms with Gasteiger partial charge >= 0.3 is 6.09 Å². The number of ether oxygens (including phenoxy) is 6. The Hall–Kier alpha value is -3.33. The first-order valence-electron chi connectivity index (χ1n) is 13.0. The fraction of sp³-hybridized carbons (Fsp3) is 0.536. The van der Waals surface area contributed by atoms with E-state index < -0.39 is 0 Å². The van der Waals surface area contributed by atoms with Gasteiger partial charge in [0.05, 0.1) is 14.2 Å². The van der Waals surface area contributed by atoms with Gasteiger partial charge < -0.3 is 28.4 Å². The van der Waals surface area contributed by atoms with Crippen LogP contribution in [-0.2, 0) is 4.74 Å². The van der Waals surface area contributed by atoms with Crippen LogP contribution in [0.1, 0.15) is 19.3 Å². The van der Waals surface area contributed by atoms with E-state index in [4.69, 9.17) is 28.4 Å². The second kappa shape index (κ2) is 11.8. The van der Waals surface area contributed by atoms with Crippen LogP contribution in [0.2, 0.25) is 0 Å². The van der Waals surface area contributed by atoms with Gasteiger partial charge in [0.25, 0.3) is 0 Å². The molecule has 0 unspecified atom stereocenters. The minimum atomic E-state index is -0.256. The highest BCUT2D eigenvalue weighted by atomic mass is 16.6. The molecule has 3 heterocycles. The van der Waals surface area contributed by atoms with E-state index in [1.165, 1.54) is 0 Å². The fourth-order valence-electron chi connectivity index (χ4n) is 5.22. The van der Waals surface area contributed by atoms with E-state index in [0.29, 0.717) is 49.5 Å². The largest absolute Gasteiger partial charge is 0.493 e. The summed E-state index contributed by atoms with van der Waals surface area (Å²) in [6.45, 7) is 4.91. The summed E-state index contributed by atoms with van der Waals surface area (Å²) < 4.78 is 33.9. The van der Waals surface area contributed by atoms with Gasteiger partial charge in [-0.3, -0.25) is 9.80 Å². The molecule has 9 heteroatoms. The highest BCUT2D eigenvalue weighted by molar-refractivity contribution is 5.70. The first-order valence-corrected chi connectivity index (χ1v) is 13.0. The Balaban J connectivity index is 1.05. The van der Waals surface area contributed by atoms with E-state index in [9.17, 15) is 4.79 Å². The lowest BCUT2D eigenvalue weighted by Crippen LogP contribution is -2.44. The first kappa shape index (κ1) is 25.3. The van der Waals surface area contributed by atoms with Crippen molar-refractivity contribution in [3.8, 4) is 28.7 Å². The van der Waals surface area contributed by atoms with Crippen molar-refractivity contribution in [2.24, 2.45) is 5.92 Å². The lowest BCUT2D eigenvalue weighted by Gasteiger charge is -2.36. The highest BCUT2D eigenvalue weighted by Gasteiger charge is 2.34. The Bertz CT molecular complexity index is 1060. The molecule has 3 aliphatic rings. The molecular formula is C28H36N2O7. The zero-order valence-electron chi connectivity index (χ0n) is 21.6. The van der Waals surface area contributed by atoms with Gasteiger partial charge in [0.2, 0.25) is 0 Å². The Labute approximate surface area is 218 Å². The average molecular weight is 513 g/mol. The zero-order valence-corrected chi connectivity index (χ0v) is 21.6. The third-order valence-corrected chi connectivity index (χ3v) is 7.39. The second-order valence-corrected chi connectivity index (χ2v) is 9.78. The summed E-state index contributed by atoms with van der Waals surface area (Å²) in [5, 5.41) is 0. The molecule has 5 rings (SSSR count). The van der Waals surface area contributed by atoms with Crippen molar-refractivity contribution < 1.29 is 33.2 Å². The van der Waals surface area contributed by atoms with Crippen LogP contribution in [0.5, 0.6) is 28.7 Å². The van der Waals surface area contributed by atoms with Gasteiger partial charge in [-0.15, -0.1) is 0 Å². The molecule has 2 aromatic rings. The van der Waals surface area contributed by atoms with E-state index in [-0.39, 0.29) is 18.2 Å². The maximum absolute atomic E-state index is 12.4. The molecule has 0 aliphatic carbocycles. The van der Waals surface area contributed by atoms with E-state index >= 15 is 0 Å². The summed E-state index contributed by atoms with van der Waals surface area (Å²) in [7, 11) is 3.19. The average Bonchev–Trinajstić information content (AvgIpc) is 3.30. The Morgan fingerprint density at radius 1 is 0.946 bits per heavy atom. The van der Waals surface area contributed by atoms with Gasteiger partial charge in [0, 0.05) is 19.2 Å². The Morgan fingerprint density at radius 3 is 2.51 bits per heavy atom. The number of piperidine rings is 1. The van der Waals surface area contributed by atoms with Crippen LogP contribution in [0.15, 0.2) is 42.5 Å². The lowest BCUT2D eigenvalue weighted by molar-refractivity contribution is 0.0464. The minimum absolute atomic E-state index is 0.0530. The van der Waals surface area contributed by atoms with Gasteiger partial charge in [-0.05, 0) is 62.5 Å². The number of fused-ring (bicyclic) bond motifs is 1. The van der Waals surface area contributed by atoms with E-state index in [0.717, 1.165) is 50.4 Å². The molecule has 2 saturated heterocycles. The number of carbonyl (C=O) groups is 1. The molecule has 0 spiro atoms. The smallest absolute Gasteiger partial charge is 0.410 e. The standard InChI is InChI=1S/C28H36N2O7/c1-32-24-8-7-22(15-27(24)33-2)34-17-21-18-36-28(31)30(21)14-11-20-9-12-29(13-10-20)16-23-19-35-25-5-3-4-6-26(25)37-23/h3-8,15,20-21,23H,9-14,16-19H2,1-2H3/t21-,23+/m1/s1.